The van der Waals surface area contributed by atoms with Crippen molar-refractivity contribution < 1.29 is 14.3 Å². The summed E-state index contributed by atoms with van der Waals surface area (Å²) in [6.07, 6.45) is 0. The predicted molar refractivity (Wildman–Crippen MR) is 130 cm³/mol. The Hall–Kier alpha value is -3.22. The number of ether oxygens (including phenoxy) is 1. The molecular formula is C24H23Cl2N3O3. The Labute approximate surface area is 196 Å². The number of nitrogens with one attached hydrogen (secondary N) is 1. The molecule has 0 radical (unpaired) electrons. The van der Waals surface area contributed by atoms with Gasteiger partial charge in [-0.15, -0.1) is 0 Å². The van der Waals surface area contributed by atoms with Crippen molar-refractivity contribution in [2.75, 3.05) is 22.6 Å². The first kappa shape index (κ1) is 23.4. The molecule has 3 rings (SSSR count). The van der Waals surface area contributed by atoms with Gasteiger partial charge in [-0.3, -0.25) is 4.79 Å². The zero-order chi connectivity index (χ0) is 23.3. The molecule has 0 bridgehead atoms. The lowest BCUT2D eigenvalue weighted by atomic mass is 10.2. The van der Waals surface area contributed by atoms with Crippen LogP contribution in [0.15, 0.2) is 66.7 Å². The monoisotopic (exact) mass is 471 g/mol. The van der Waals surface area contributed by atoms with Gasteiger partial charge >= 0.3 is 5.97 Å². The summed E-state index contributed by atoms with van der Waals surface area (Å²) in [7, 11) is 0. The maximum absolute atomic E-state index is 12.2. The van der Waals surface area contributed by atoms with Gasteiger partial charge in [0.05, 0.1) is 16.3 Å². The number of hydrogen-bond donors (Lipinski definition) is 2. The van der Waals surface area contributed by atoms with Crippen LogP contribution in [0.4, 0.5) is 22.7 Å². The first-order valence-electron chi connectivity index (χ1n) is 9.92. The Morgan fingerprint density at radius 1 is 1.00 bits per heavy atom. The van der Waals surface area contributed by atoms with Gasteiger partial charge < -0.3 is 20.7 Å². The molecular weight excluding hydrogens is 449 g/mol. The molecule has 0 aliphatic heterocycles. The van der Waals surface area contributed by atoms with E-state index in [9.17, 15) is 9.59 Å². The second-order valence-electron chi connectivity index (χ2n) is 7.32. The molecule has 0 atom stereocenters. The smallest absolute Gasteiger partial charge is 0.340 e. The topological polar surface area (TPSA) is 84.7 Å². The number of rotatable bonds is 7. The van der Waals surface area contributed by atoms with Gasteiger partial charge in [0, 0.05) is 28.1 Å². The summed E-state index contributed by atoms with van der Waals surface area (Å²) in [5.41, 5.74) is 8.49. The molecule has 0 spiro atoms. The quantitative estimate of drug-likeness (QED) is 0.330. The molecule has 0 aliphatic rings. The molecule has 0 saturated carbocycles. The number of nitrogen functional groups attached to an aromatic ring is 1. The Bertz CT molecular complexity index is 1100. The molecule has 6 nitrogen and oxygen atoms in total. The molecule has 32 heavy (non-hydrogen) atoms. The van der Waals surface area contributed by atoms with E-state index >= 15 is 0 Å². The third kappa shape index (κ3) is 5.72. The number of para-hydroxylation sites is 1. The molecule has 3 aromatic carbocycles. The highest BCUT2D eigenvalue weighted by Gasteiger charge is 2.17. The van der Waals surface area contributed by atoms with Crippen LogP contribution in [0.25, 0.3) is 0 Å². The SMILES string of the molecule is CC(C)N(c1ccccc1)c1ccc(NC(=O)COC(=O)c2cc(Cl)cc(Cl)c2N)cc1. The summed E-state index contributed by atoms with van der Waals surface area (Å²) >= 11 is 11.8. The largest absolute Gasteiger partial charge is 0.452 e. The van der Waals surface area contributed by atoms with Crippen LogP contribution in [-0.2, 0) is 9.53 Å². The average molecular weight is 472 g/mol. The highest BCUT2D eigenvalue weighted by atomic mass is 35.5. The summed E-state index contributed by atoms with van der Waals surface area (Å²) in [5, 5.41) is 3.08. The Morgan fingerprint density at radius 3 is 2.25 bits per heavy atom. The van der Waals surface area contributed by atoms with Crippen molar-refractivity contribution in [2.45, 2.75) is 19.9 Å². The van der Waals surface area contributed by atoms with Crippen molar-refractivity contribution in [3.63, 3.8) is 0 Å². The number of hydrogen-bond acceptors (Lipinski definition) is 5. The molecule has 3 N–H and O–H groups in total. The Morgan fingerprint density at radius 2 is 1.62 bits per heavy atom. The van der Waals surface area contributed by atoms with E-state index in [1.165, 1.54) is 12.1 Å². The normalized spacial score (nSPS) is 10.7. The molecule has 0 saturated heterocycles. The summed E-state index contributed by atoms with van der Waals surface area (Å²) in [4.78, 5) is 26.7. The third-order valence-electron chi connectivity index (χ3n) is 4.63. The fourth-order valence-corrected chi connectivity index (χ4v) is 3.69. The van der Waals surface area contributed by atoms with Crippen LogP contribution in [0.2, 0.25) is 10.0 Å². The van der Waals surface area contributed by atoms with Crippen LogP contribution in [0.5, 0.6) is 0 Å². The van der Waals surface area contributed by atoms with E-state index in [0.29, 0.717) is 5.69 Å². The highest BCUT2D eigenvalue weighted by molar-refractivity contribution is 6.37. The molecule has 1 amide bonds. The van der Waals surface area contributed by atoms with Gasteiger partial charge in [0.25, 0.3) is 5.91 Å². The van der Waals surface area contributed by atoms with E-state index in [2.05, 4.69) is 24.1 Å². The first-order chi connectivity index (χ1) is 15.3. The number of benzene rings is 3. The standard InChI is InChI=1S/C24H23Cl2N3O3/c1-15(2)29(18-6-4-3-5-7-18)19-10-8-17(9-11-19)28-22(30)14-32-24(31)20-12-16(25)13-21(26)23(20)27/h3-13,15H,14,27H2,1-2H3,(H,28,30). The van der Waals surface area contributed by atoms with Gasteiger partial charge in [-0.2, -0.15) is 0 Å². The Kier molecular flexibility index (Phi) is 7.62. The Balaban J connectivity index is 1.62. The molecule has 166 valence electrons. The van der Waals surface area contributed by atoms with Gasteiger partial charge in [0.1, 0.15) is 0 Å². The van der Waals surface area contributed by atoms with Crippen LogP contribution in [0, 0.1) is 0 Å². The maximum atomic E-state index is 12.2. The number of nitrogens with two attached hydrogens (primary N) is 1. The van der Waals surface area contributed by atoms with Crippen LogP contribution in [-0.4, -0.2) is 24.5 Å². The number of carbonyl (C=O) groups excluding carboxylic acids is 2. The maximum Gasteiger partial charge on any atom is 0.340 e. The summed E-state index contributed by atoms with van der Waals surface area (Å²) in [5.74, 6) is -1.27. The summed E-state index contributed by atoms with van der Waals surface area (Å²) in [6, 6.07) is 20.5. The van der Waals surface area contributed by atoms with Crippen molar-refractivity contribution in [1.29, 1.82) is 0 Å². The van der Waals surface area contributed by atoms with E-state index in [-0.39, 0.29) is 27.3 Å². The van der Waals surface area contributed by atoms with Gasteiger partial charge in [0.15, 0.2) is 6.61 Å². The second-order valence-corrected chi connectivity index (χ2v) is 8.16. The fraction of sp³-hybridized carbons (Fsp3) is 0.167. The van der Waals surface area contributed by atoms with Crippen LogP contribution >= 0.6 is 23.2 Å². The number of amides is 1. The van der Waals surface area contributed by atoms with E-state index in [1.54, 1.807) is 12.1 Å². The number of esters is 1. The molecule has 0 heterocycles. The highest BCUT2D eigenvalue weighted by Crippen LogP contribution is 2.29. The van der Waals surface area contributed by atoms with Crippen LogP contribution in [0.1, 0.15) is 24.2 Å². The number of carbonyl (C=O) groups is 2. The fourth-order valence-electron chi connectivity index (χ4n) is 3.20. The van der Waals surface area contributed by atoms with Crippen molar-refractivity contribution >= 4 is 57.8 Å². The molecule has 0 unspecified atom stereocenters. The van der Waals surface area contributed by atoms with Crippen molar-refractivity contribution in [2.24, 2.45) is 0 Å². The lowest BCUT2D eigenvalue weighted by Crippen LogP contribution is -2.25. The zero-order valence-corrected chi connectivity index (χ0v) is 19.2. The van der Waals surface area contributed by atoms with Crippen LogP contribution < -0.4 is 16.0 Å². The summed E-state index contributed by atoms with van der Waals surface area (Å²) < 4.78 is 5.05. The lowest BCUT2D eigenvalue weighted by Gasteiger charge is -2.29. The van der Waals surface area contributed by atoms with E-state index in [0.717, 1.165) is 11.4 Å². The van der Waals surface area contributed by atoms with Gasteiger partial charge in [-0.1, -0.05) is 41.4 Å². The molecule has 3 aromatic rings. The van der Waals surface area contributed by atoms with Gasteiger partial charge in [-0.05, 0) is 62.4 Å². The molecule has 0 fully saturated rings. The van der Waals surface area contributed by atoms with E-state index in [4.69, 9.17) is 33.7 Å². The van der Waals surface area contributed by atoms with Gasteiger partial charge in [0.2, 0.25) is 0 Å². The van der Waals surface area contributed by atoms with Crippen molar-refractivity contribution in [1.82, 2.24) is 0 Å². The molecule has 0 aliphatic carbocycles. The van der Waals surface area contributed by atoms with E-state index < -0.39 is 18.5 Å². The zero-order valence-electron chi connectivity index (χ0n) is 17.6. The van der Waals surface area contributed by atoms with Gasteiger partial charge in [-0.25, -0.2) is 4.79 Å². The first-order valence-corrected chi connectivity index (χ1v) is 10.7. The molecule has 8 heteroatoms. The lowest BCUT2D eigenvalue weighted by molar-refractivity contribution is -0.119. The summed E-state index contributed by atoms with van der Waals surface area (Å²) in [6.45, 7) is 3.74. The minimum atomic E-state index is -0.784. The van der Waals surface area contributed by atoms with Crippen LogP contribution in [0.3, 0.4) is 0 Å². The minimum absolute atomic E-state index is 0.00865. The predicted octanol–water partition coefficient (Wildman–Crippen LogP) is 5.92. The third-order valence-corrected chi connectivity index (χ3v) is 5.16. The minimum Gasteiger partial charge on any atom is -0.452 e. The number of anilines is 4. The van der Waals surface area contributed by atoms with E-state index in [1.807, 2.05) is 42.5 Å². The average Bonchev–Trinajstić information content (AvgIpc) is 2.76. The number of halogens is 2. The number of nitrogens with zero attached hydrogens (tertiary/aromatic N) is 1. The van der Waals surface area contributed by atoms with Crippen molar-refractivity contribution in [3.8, 4) is 0 Å². The second kappa shape index (κ2) is 10.4. The molecule has 0 aromatic heterocycles. The van der Waals surface area contributed by atoms with Crippen molar-refractivity contribution in [3.05, 3.63) is 82.3 Å².